The largest absolute Gasteiger partial charge is 0.332 e. The molecule has 0 saturated carbocycles. The van der Waals surface area contributed by atoms with Gasteiger partial charge in [-0.1, -0.05) is 19.6 Å². The van der Waals surface area contributed by atoms with E-state index in [0.29, 0.717) is 5.92 Å². The van der Waals surface area contributed by atoms with Crippen LogP contribution in [0.4, 0.5) is 0 Å². The first kappa shape index (κ1) is 10.9. The molecule has 1 aliphatic heterocycles. The minimum absolute atomic E-state index is 0.0122. The molecule has 0 spiro atoms. The van der Waals surface area contributed by atoms with Gasteiger partial charge in [-0.3, -0.25) is 9.78 Å². The van der Waals surface area contributed by atoms with Gasteiger partial charge < -0.3 is 4.90 Å². The summed E-state index contributed by atoms with van der Waals surface area (Å²) >= 11 is 0. The van der Waals surface area contributed by atoms with Gasteiger partial charge in [-0.2, -0.15) is 0 Å². The number of carbonyl (C=O) groups excluding carboxylic acids is 1. The molecule has 1 aromatic rings. The first-order valence-corrected chi connectivity index (χ1v) is 5.55. The van der Waals surface area contributed by atoms with Crippen molar-refractivity contribution < 1.29 is 4.79 Å². The standard InChI is InChI=1S/C13H16N2O/c1-3-13(16)15-9-10(2)7-12(15)11-5-4-6-14-8-11/h3-6,8,10,12H,1,7,9H2,2H3. The lowest BCUT2D eigenvalue weighted by Crippen LogP contribution is -2.29. The second-order valence-corrected chi connectivity index (χ2v) is 4.34. The summed E-state index contributed by atoms with van der Waals surface area (Å²) in [6.07, 6.45) is 5.99. The molecular formula is C13H16N2O. The van der Waals surface area contributed by atoms with Gasteiger partial charge in [0.25, 0.3) is 0 Å². The Morgan fingerprint density at radius 1 is 1.69 bits per heavy atom. The van der Waals surface area contributed by atoms with Crippen LogP contribution in [0.15, 0.2) is 37.2 Å². The van der Waals surface area contributed by atoms with E-state index < -0.39 is 0 Å². The summed E-state index contributed by atoms with van der Waals surface area (Å²) in [6, 6.07) is 4.10. The van der Waals surface area contributed by atoms with E-state index in [0.717, 1.165) is 18.5 Å². The van der Waals surface area contributed by atoms with Crippen molar-refractivity contribution in [3.8, 4) is 0 Å². The Labute approximate surface area is 95.8 Å². The van der Waals surface area contributed by atoms with Crippen molar-refractivity contribution in [1.82, 2.24) is 9.88 Å². The topological polar surface area (TPSA) is 33.2 Å². The van der Waals surface area contributed by atoms with Gasteiger partial charge in [0.1, 0.15) is 0 Å². The minimum Gasteiger partial charge on any atom is -0.332 e. The van der Waals surface area contributed by atoms with Crippen LogP contribution in [0.3, 0.4) is 0 Å². The molecule has 2 unspecified atom stereocenters. The van der Waals surface area contributed by atoms with E-state index >= 15 is 0 Å². The average molecular weight is 216 g/mol. The molecule has 1 aliphatic rings. The van der Waals surface area contributed by atoms with E-state index in [2.05, 4.69) is 18.5 Å². The highest BCUT2D eigenvalue weighted by molar-refractivity contribution is 5.87. The maximum absolute atomic E-state index is 11.7. The number of amides is 1. The Morgan fingerprint density at radius 2 is 2.50 bits per heavy atom. The second-order valence-electron chi connectivity index (χ2n) is 4.34. The molecule has 1 amide bonds. The normalized spacial score (nSPS) is 24.4. The zero-order chi connectivity index (χ0) is 11.5. The molecule has 1 aromatic heterocycles. The van der Waals surface area contributed by atoms with Gasteiger partial charge >= 0.3 is 0 Å². The predicted octanol–water partition coefficient (Wildman–Crippen LogP) is 2.18. The molecule has 0 bridgehead atoms. The zero-order valence-electron chi connectivity index (χ0n) is 9.47. The van der Waals surface area contributed by atoms with Gasteiger partial charge in [0.2, 0.25) is 5.91 Å². The number of carbonyl (C=O) groups is 1. The molecule has 1 saturated heterocycles. The molecule has 0 aliphatic carbocycles. The number of nitrogens with zero attached hydrogens (tertiary/aromatic N) is 2. The maximum Gasteiger partial charge on any atom is 0.246 e. The van der Waals surface area contributed by atoms with Crippen molar-refractivity contribution in [3.05, 3.63) is 42.7 Å². The Balaban J connectivity index is 2.25. The number of rotatable bonds is 2. The van der Waals surface area contributed by atoms with Gasteiger partial charge in [0, 0.05) is 18.9 Å². The highest BCUT2D eigenvalue weighted by Gasteiger charge is 2.32. The lowest BCUT2D eigenvalue weighted by Gasteiger charge is -2.23. The first-order chi connectivity index (χ1) is 7.72. The van der Waals surface area contributed by atoms with E-state index in [4.69, 9.17) is 0 Å². The van der Waals surface area contributed by atoms with Crippen molar-refractivity contribution in [2.75, 3.05) is 6.54 Å². The van der Waals surface area contributed by atoms with Crippen molar-refractivity contribution in [1.29, 1.82) is 0 Å². The lowest BCUT2D eigenvalue weighted by molar-refractivity contribution is -0.127. The van der Waals surface area contributed by atoms with Crippen LogP contribution in [0.1, 0.15) is 24.9 Å². The number of likely N-dealkylation sites (tertiary alicyclic amines) is 1. The third-order valence-corrected chi connectivity index (χ3v) is 3.04. The molecule has 3 nitrogen and oxygen atoms in total. The van der Waals surface area contributed by atoms with Crippen LogP contribution in [0.2, 0.25) is 0 Å². The molecule has 84 valence electrons. The van der Waals surface area contributed by atoms with Crippen molar-refractivity contribution in [2.45, 2.75) is 19.4 Å². The third-order valence-electron chi connectivity index (χ3n) is 3.04. The maximum atomic E-state index is 11.7. The summed E-state index contributed by atoms with van der Waals surface area (Å²) in [6.45, 7) is 6.53. The van der Waals surface area contributed by atoms with Gasteiger partial charge in [0.05, 0.1) is 6.04 Å². The van der Waals surface area contributed by atoms with Crippen LogP contribution < -0.4 is 0 Å². The highest BCUT2D eigenvalue weighted by atomic mass is 16.2. The van der Waals surface area contributed by atoms with Gasteiger partial charge in [-0.15, -0.1) is 0 Å². The van der Waals surface area contributed by atoms with Gasteiger partial charge in [-0.25, -0.2) is 0 Å². The van der Waals surface area contributed by atoms with E-state index in [1.54, 1.807) is 6.20 Å². The van der Waals surface area contributed by atoms with Gasteiger partial charge in [0.15, 0.2) is 0 Å². The fraction of sp³-hybridized carbons (Fsp3) is 0.385. The predicted molar refractivity (Wildman–Crippen MR) is 62.7 cm³/mol. The van der Waals surface area contributed by atoms with E-state index in [1.807, 2.05) is 23.2 Å². The highest BCUT2D eigenvalue weighted by Crippen LogP contribution is 2.34. The summed E-state index contributed by atoms with van der Waals surface area (Å²) in [7, 11) is 0. The monoisotopic (exact) mass is 216 g/mol. The number of aromatic nitrogens is 1. The summed E-state index contributed by atoms with van der Waals surface area (Å²) in [5.74, 6) is 0.548. The summed E-state index contributed by atoms with van der Waals surface area (Å²) < 4.78 is 0. The molecule has 2 atom stereocenters. The van der Waals surface area contributed by atoms with Crippen molar-refractivity contribution in [3.63, 3.8) is 0 Å². The molecule has 16 heavy (non-hydrogen) atoms. The van der Waals surface area contributed by atoms with E-state index in [-0.39, 0.29) is 11.9 Å². The molecule has 2 rings (SSSR count). The Kier molecular flexibility index (Phi) is 3.04. The first-order valence-electron chi connectivity index (χ1n) is 5.55. The van der Waals surface area contributed by atoms with Crippen LogP contribution in [0.5, 0.6) is 0 Å². The molecular weight excluding hydrogens is 200 g/mol. The molecule has 3 heteroatoms. The fourth-order valence-corrected chi connectivity index (χ4v) is 2.30. The third kappa shape index (κ3) is 1.98. The fourth-order valence-electron chi connectivity index (χ4n) is 2.30. The van der Waals surface area contributed by atoms with Crippen LogP contribution in [0, 0.1) is 5.92 Å². The van der Waals surface area contributed by atoms with Gasteiger partial charge in [-0.05, 0) is 30.0 Å². The second kappa shape index (κ2) is 4.47. The molecule has 0 aromatic carbocycles. The quantitative estimate of drug-likeness (QED) is 0.710. The smallest absolute Gasteiger partial charge is 0.246 e. The Morgan fingerprint density at radius 3 is 3.12 bits per heavy atom. The Hall–Kier alpha value is -1.64. The lowest BCUT2D eigenvalue weighted by atomic mass is 10.0. The molecule has 0 N–H and O–H groups in total. The number of pyridine rings is 1. The minimum atomic E-state index is 0.0122. The summed E-state index contributed by atoms with van der Waals surface area (Å²) in [5.41, 5.74) is 1.11. The number of hydrogen-bond donors (Lipinski definition) is 0. The summed E-state index contributed by atoms with van der Waals surface area (Å²) in [5, 5.41) is 0. The SMILES string of the molecule is C=CC(=O)N1CC(C)CC1c1cccnc1. The van der Waals surface area contributed by atoms with Crippen LogP contribution >= 0.6 is 0 Å². The molecule has 0 radical (unpaired) electrons. The van der Waals surface area contributed by atoms with Crippen LogP contribution in [0.25, 0.3) is 0 Å². The average Bonchev–Trinajstić information content (AvgIpc) is 2.71. The summed E-state index contributed by atoms with van der Waals surface area (Å²) in [4.78, 5) is 17.7. The van der Waals surface area contributed by atoms with Crippen molar-refractivity contribution in [2.24, 2.45) is 5.92 Å². The van der Waals surface area contributed by atoms with Crippen LogP contribution in [-0.2, 0) is 4.79 Å². The van der Waals surface area contributed by atoms with Crippen LogP contribution in [-0.4, -0.2) is 22.3 Å². The molecule has 2 heterocycles. The zero-order valence-corrected chi connectivity index (χ0v) is 9.47. The Bertz CT molecular complexity index is 388. The number of hydrogen-bond acceptors (Lipinski definition) is 2. The van der Waals surface area contributed by atoms with E-state index in [9.17, 15) is 4.79 Å². The molecule has 1 fully saturated rings. The van der Waals surface area contributed by atoms with E-state index in [1.165, 1.54) is 6.08 Å². The van der Waals surface area contributed by atoms with Crippen molar-refractivity contribution >= 4 is 5.91 Å².